The van der Waals surface area contributed by atoms with Crippen molar-refractivity contribution in [2.45, 2.75) is 35.4 Å². The van der Waals surface area contributed by atoms with Crippen molar-refractivity contribution in [2.24, 2.45) is 0 Å². The first-order chi connectivity index (χ1) is 15.1. The lowest BCUT2D eigenvalue weighted by Crippen LogP contribution is -2.40. The average Bonchev–Trinajstić information content (AvgIpc) is 3.31. The van der Waals surface area contributed by atoms with Gasteiger partial charge in [-0.1, -0.05) is 11.8 Å². The number of hydrogen-bond acceptors (Lipinski definition) is 8. The van der Waals surface area contributed by atoms with E-state index in [0.29, 0.717) is 41.3 Å². The molecule has 1 aliphatic heterocycles. The number of aromatic nitrogens is 5. The summed E-state index contributed by atoms with van der Waals surface area (Å²) in [5.41, 5.74) is 1.19. The monoisotopic (exact) mass is 491 g/mol. The van der Waals surface area contributed by atoms with E-state index in [4.69, 9.17) is 10.6 Å². The van der Waals surface area contributed by atoms with Crippen LogP contribution in [0.1, 0.15) is 18.6 Å². The second-order valence-corrected chi connectivity index (χ2v) is 9.78. The number of nitrogens with two attached hydrogens (primary N) is 1. The van der Waals surface area contributed by atoms with Gasteiger partial charge in [-0.2, -0.15) is 17.5 Å². The molecule has 0 amide bonds. The summed E-state index contributed by atoms with van der Waals surface area (Å²) in [6.07, 6.45) is -4.71. The number of fused-ring (bicyclic) bond motifs is 1. The van der Waals surface area contributed by atoms with E-state index in [-0.39, 0.29) is 28.9 Å². The molecule has 3 aromatic rings. The third-order valence-electron chi connectivity index (χ3n) is 4.97. The van der Waals surface area contributed by atoms with Gasteiger partial charge >= 0.3 is 6.18 Å². The Morgan fingerprint density at radius 1 is 1.22 bits per heavy atom. The molecule has 0 radical (unpaired) electrons. The fraction of sp³-hybridized carbons (Fsp3) is 0.471. The van der Waals surface area contributed by atoms with Gasteiger partial charge in [0.25, 0.3) is 5.82 Å². The van der Waals surface area contributed by atoms with Crippen molar-refractivity contribution in [3.05, 3.63) is 29.8 Å². The summed E-state index contributed by atoms with van der Waals surface area (Å²) in [6.45, 7) is 3.67. The molecule has 3 heterocycles. The summed E-state index contributed by atoms with van der Waals surface area (Å²) in [5.74, 6) is 4.91. The third-order valence-corrected chi connectivity index (χ3v) is 7.80. The number of aryl methyl sites for hydroxylation is 1. The molecule has 0 saturated carbocycles. The smallest absolute Gasteiger partial charge is 0.379 e. The molecule has 1 aromatic carbocycles. The summed E-state index contributed by atoms with van der Waals surface area (Å²) in [4.78, 5) is 4.65. The van der Waals surface area contributed by atoms with Gasteiger partial charge in [-0.15, -0.1) is 10.2 Å². The molecular formula is C17H20F3N7O3S2. The Labute approximate surface area is 185 Å². The number of hydrogen-bond donors (Lipinski definition) is 1. The maximum atomic E-state index is 12.9. The van der Waals surface area contributed by atoms with E-state index in [1.54, 1.807) is 6.07 Å². The third kappa shape index (κ3) is 4.16. The van der Waals surface area contributed by atoms with Crippen LogP contribution in [-0.2, 0) is 33.2 Å². The zero-order valence-electron chi connectivity index (χ0n) is 16.9. The Morgan fingerprint density at radius 2 is 1.94 bits per heavy atom. The summed E-state index contributed by atoms with van der Waals surface area (Å²) >= 11 is 0.955. The van der Waals surface area contributed by atoms with Crippen LogP contribution >= 0.6 is 11.8 Å². The number of sulfonamides is 1. The molecule has 1 aliphatic rings. The van der Waals surface area contributed by atoms with Crippen LogP contribution in [0.2, 0.25) is 0 Å². The number of alkyl halides is 3. The van der Waals surface area contributed by atoms with Crippen LogP contribution in [0.25, 0.3) is 11.0 Å². The van der Waals surface area contributed by atoms with Gasteiger partial charge in [-0.3, -0.25) is 0 Å². The van der Waals surface area contributed by atoms with Gasteiger partial charge < -0.3 is 15.1 Å². The second kappa shape index (κ2) is 8.53. The highest BCUT2D eigenvalue weighted by Gasteiger charge is 2.38. The van der Waals surface area contributed by atoms with Gasteiger partial charge in [0.2, 0.25) is 15.2 Å². The summed E-state index contributed by atoms with van der Waals surface area (Å²) in [5, 5.41) is 6.50. The Morgan fingerprint density at radius 3 is 2.56 bits per heavy atom. The Kier molecular flexibility index (Phi) is 6.08. The molecule has 0 bridgehead atoms. The van der Waals surface area contributed by atoms with E-state index in [9.17, 15) is 21.6 Å². The lowest BCUT2D eigenvalue weighted by atomic mass is 10.3. The molecule has 0 unspecified atom stereocenters. The topological polar surface area (TPSA) is 121 Å². The first-order valence-electron chi connectivity index (χ1n) is 9.60. The zero-order valence-corrected chi connectivity index (χ0v) is 18.5. The Balaban J connectivity index is 1.61. The van der Waals surface area contributed by atoms with Gasteiger partial charge in [0.1, 0.15) is 5.82 Å². The van der Waals surface area contributed by atoms with Crippen LogP contribution in [0.15, 0.2) is 28.3 Å². The van der Waals surface area contributed by atoms with E-state index < -0.39 is 22.0 Å². The van der Waals surface area contributed by atoms with Gasteiger partial charge in [-0.25, -0.2) is 18.1 Å². The number of nitrogen functional groups attached to an aromatic ring is 1. The summed E-state index contributed by atoms with van der Waals surface area (Å²) in [6, 6.07) is 4.72. The van der Waals surface area contributed by atoms with E-state index in [0.717, 1.165) is 11.8 Å². The molecule has 1 fully saturated rings. The van der Waals surface area contributed by atoms with Gasteiger partial charge in [0, 0.05) is 19.6 Å². The van der Waals surface area contributed by atoms with Gasteiger partial charge in [0.05, 0.1) is 34.9 Å². The van der Waals surface area contributed by atoms with E-state index in [1.807, 2.05) is 11.5 Å². The number of thioether (sulfide) groups is 1. The molecule has 174 valence electrons. The minimum atomic E-state index is -4.71. The minimum absolute atomic E-state index is 0.109. The Hall–Kier alpha value is -2.36. The highest BCUT2D eigenvalue weighted by atomic mass is 32.2. The average molecular weight is 492 g/mol. The molecular weight excluding hydrogens is 471 g/mol. The first kappa shape index (κ1) is 22.8. The molecule has 15 heteroatoms. The first-order valence-corrected chi connectivity index (χ1v) is 12.0. The number of halogens is 3. The highest BCUT2D eigenvalue weighted by molar-refractivity contribution is 7.98. The molecule has 2 aromatic heterocycles. The second-order valence-electron chi connectivity index (χ2n) is 6.90. The molecule has 32 heavy (non-hydrogen) atoms. The number of rotatable bonds is 6. The van der Waals surface area contributed by atoms with Crippen molar-refractivity contribution in [3.8, 4) is 0 Å². The predicted molar refractivity (Wildman–Crippen MR) is 110 cm³/mol. The van der Waals surface area contributed by atoms with E-state index in [1.165, 1.54) is 16.4 Å². The summed E-state index contributed by atoms with van der Waals surface area (Å²) < 4.78 is 73.3. The number of benzene rings is 1. The predicted octanol–water partition coefficient (Wildman–Crippen LogP) is 1.69. The molecule has 0 atom stereocenters. The van der Waals surface area contributed by atoms with Crippen LogP contribution < -0.4 is 5.84 Å². The fourth-order valence-electron chi connectivity index (χ4n) is 3.42. The van der Waals surface area contributed by atoms with E-state index >= 15 is 0 Å². The number of morpholine rings is 1. The van der Waals surface area contributed by atoms with Crippen LogP contribution in [0.4, 0.5) is 13.2 Å². The Bertz CT molecular complexity index is 1230. The molecule has 0 spiro atoms. The minimum Gasteiger partial charge on any atom is -0.379 e. The lowest BCUT2D eigenvalue weighted by molar-refractivity contribution is -0.146. The maximum Gasteiger partial charge on any atom is 0.453 e. The highest BCUT2D eigenvalue weighted by Crippen LogP contribution is 2.31. The number of ether oxygens (including phenoxy) is 1. The van der Waals surface area contributed by atoms with Crippen molar-refractivity contribution < 1.29 is 26.3 Å². The molecule has 4 rings (SSSR count). The normalized spacial score (nSPS) is 16.1. The largest absolute Gasteiger partial charge is 0.453 e. The quantitative estimate of drug-likeness (QED) is 0.409. The van der Waals surface area contributed by atoms with Crippen molar-refractivity contribution in [2.75, 3.05) is 32.1 Å². The van der Waals surface area contributed by atoms with E-state index in [2.05, 4.69) is 15.2 Å². The van der Waals surface area contributed by atoms with Crippen LogP contribution in [0, 0.1) is 0 Å². The SMILES string of the molecule is CCn1c(CSc2nnc(C(F)(F)F)n2N)nc2cc(S(=O)(=O)N3CCOCC3)ccc21. The molecule has 2 N–H and O–H groups in total. The van der Waals surface area contributed by atoms with Gasteiger partial charge in [-0.05, 0) is 25.1 Å². The van der Waals surface area contributed by atoms with Crippen LogP contribution in [0.5, 0.6) is 0 Å². The van der Waals surface area contributed by atoms with Crippen molar-refractivity contribution >= 4 is 32.8 Å². The summed E-state index contributed by atoms with van der Waals surface area (Å²) in [7, 11) is -3.68. The molecule has 10 nitrogen and oxygen atoms in total. The van der Waals surface area contributed by atoms with Crippen molar-refractivity contribution in [1.29, 1.82) is 0 Å². The lowest BCUT2D eigenvalue weighted by Gasteiger charge is -2.26. The number of nitrogens with zero attached hydrogens (tertiary/aromatic N) is 6. The van der Waals surface area contributed by atoms with Crippen LogP contribution in [-0.4, -0.2) is 63.5 Å². The van der Waals surface area contributed by atoms with Crippen molar-refractivity contribution in [1.82, 2.24) is 28.7 Å². The zero-order chi connectivity index (χ0) is 23.1. The van der Waals surface area contributed by atoms with Crippen LogP contribution in [0.3, 0.4) is 0 Å². The fourth-order valence-corrected chi connectivity index (χ4v) is 5.65. The van der Waals surface area contributed by atoms with Gasteiger partial charge in [0.15, 0.2) is 0 Å². The number of imidazole rings is 1. The maximum absolute atomic E-state index is 12.9. The molecule has 0 aliphatic carbocycles. The molecule has 1 saturated heterocycles. The van der Waals surface area contributed by atoms with Crippen molar-refractivity contribution in [3.63, 3.8) is 0 Å². The standard InChI is InChI=1S/C17H20F3N7O3S2/c1-2-26-13-4-3-11(32(28,29)25-5-7-30-8-6-25)9-12(13)22-14(26)10-31-16-24-23-15(27(16)21)17(18,19)20/h3-4,9H,2,5-8,10,21H2,1H3.